The van der Waals surface area contributed by atoms with Crippen LogP contribution in [0.1, 0.15) is 11.4 Å². The van der Waals surface area contributed by atoms with Crippen molar-refractivity contribution in [1.82, 2.24) is 4.98 Å². The van der Waals surface area contributed by atoms with Gasteiger partial charge in [0, 0.05) is 0 Å². The number of thiazole rings is 1. The summed E-state index contributed by atoms with van der Waals surface area (Å²) < 4.78 is 0.720. The molecule has 2 N–H and O–H groups in total. The number of nitrogens with two attached hydrogens (primary N) is 1. The third-order valence-electron chi connectivity index (χ3n) is 1.09. The van der Waals surface area contributed by atoms with Gasteiger partial charge >= 0.3 is 0 Å². The molecule has 1 heterocycles. The average Bonchev–Trinajstić information content (AvgIpc) is 2.37. The minimum Gasteiger partial charge on any atom is -0.330 e. The van der Waals surface area contributed by atoms with E-state index in [4.69, 9.17) is 17.3 Å². The van der Waals surface area contributed by atoms with E-state index >= 15 is 0 Å². The molecule has 0 aliphatic carbocycles. The fourth-order valence-corrected chi connectivity index (χ4v) is 1.49. The standard InChI is InChI=1S/C7H9ClN2S/c8-6-5-10-7(11-6)3-1-2-4-9/h1,3,5H,2,4,9H2/b3-1+. The predicted molar refractivity (Wildman–Crippen MR) is 49.8 cm³/mol. The molecule has 0 saturated heterocycles. The zero-order valence-corrected chi connectivity index (χ0v) is 7.53. The van der Waals surface area contributed by atoms with E-state index in [2.05, 4.69) is 4.98 Å². The van der Waals surface area contributed by atoms with Crippen molar-refractivity contribution >= 4 is 29.0 Å². The van der Waals surface area contributed by atoms with Gasteiger partial charge in [0.05, 0.1) is 6.20 Å². The van der Waals surface area contributed by atoms with Crippen LogP contribution < -0.4 is 5.73 Å². The van der Waals surface area contributed by atoms with Crippen LogP contribution in [-0.2, 0) is 0 Å². The van der Waals surface area contributed by atoms with Crippen LogP contribution >= 0.6 is 22.9 Å². The van der Waals surface area contributed by atoms with Crippen LogP contribution in [0.25, 0.3) is 6.08 Å². The summed E-state index contributed by atoms with van der Waals surface area (Å²) in [5.74, 6) is 0. The highest BCUT2D eigenvalue weighted by Crippen LogP contribution is 2.19. The van der Waals surface area contributed by atoms with E-state index in [1.165, 1.54) is 11.3 Å². The Morgan fingerprint density at radius 2 is 2.55 bits per heavy atom. The molecule has 1 rings (SSSR count). The van der Waals surface area contributed by atoms with Gasteiger partial charge < -0.3 is 5.73 Å². The normalized spacial score (nSPS) is 11.1. The largest absolute Gasteiger partial charge is 0.330 e. The van der Waals surface area contributed by atoms with Crippen molar-refractivity contribution in [1.29, 1.82) is 0 Å². The minimum absolute atomic E-state index is 0.676. The Bertz CT molecular complexity index is 244. The first-order chi connectivity index (χ1) is 5.33. The number of halogens is 1. The Kier molecular flexibility index (Phi) is 3.56. The quantitative estimate of drug-likeness (QED) is 0.790. The molecule has 0 fully saturated rings. The number of hydrogen-bond donors (Lipinski definition) is 1. The van der Waals surface area contributed by atoms with Gasteiger partial charge in [0.25, 0.3) is 0 Å². The molecular formula is C7H9ClN2S. The molecule has 0 unspecified atom stereocenters. The first-order valence-corrected chi connectivity index (χ1v) is 4.50. The Morgan fingerprint density at radius 3 is 3.09 bits per heavy atom. The fourth-order valence-electron chi connectivity index (χ4n) is 0.624. The maximum atomic E-state index is 5.67. The number of aromatic nitrogens is 1. The smallest absolute Gasteiger partial charge is 0.117 e. The first-order valence-electron chi connectivity index (χ1n) is 3.31. The lowest BCUT2D eigenvalue weighted by Gasteiger charge is -1.82. The maximum absolute atomic E-state index is 5.67. The molecule has 2 nitrogen and oxygen atoms in total. The summed E-state index contributed by atoms with van der Waals surface area (Å²) >= 11 is 7.14. The summed E-state index contributed by atoms with van der Waals surface area (Å²) in [5, 5.41) is 0.934. The molecule has 0 aliphatic heterocycles. The highest BCUT2D eigenvalue weighted by Gasteiger charge is 1.92. The summed E-state index contributed by atoms with van der Waals surface area (Å²) in [6.45, 7) is 0.676. The van der Waals surface area contributed by atoms with Crippen molar-refractivity contribution in [3.8, 4) is 0 Å². The molecule has 0 atom stereocenters. The van der Waals surface area contributed by atoms with Gasteiger partial charge in [-0.15, -0.1) is 11.3 Å². The first kappa shape index (κ1) is 8.71. The average molecular weight is 189 g/mol. The van der Waals surface area contributed by atoms with Gasteiger partial charge in [0.2, 0.25) is 0 Å². The van der Waals surface area contributed by atoms with Gasteiger partial charge in [-0.25, -0.2) is 4.98 Å². The maximum Gasteiger partial charge on any atom is 0.117 e. The van der Waals surface area contributed by atoms with Crippen molar-refractivity contribution in [3.05, 3.63) is 21.6 Å². The van der Waals surface area contributed by atoms with E-state index in [0.29, 0.717) is 6.54 Å². The number of nitrogens with zero attached hydrogens (tertiary/aromatic N) is 1. The highest BCUT2D eigenvalue weighted by atomic mass is 35.5. The second-order valence-electron chi connectivity index (χ2n) is 1.98. The van der Waals surface area contributed by atoms with Crippen LogP contribution in [0.4, 0.5) is 0 Å². The van der Waals surface area contributed by atoms with Crippen LogP contribution in [0.5, 0.6) is 0 Å². The second kappa shape index (κ2) is 4.49. The van der Waals surface area contributed by atoms with Crippen molar-refractivity contribution in [2.24, 2.45) is 5.73 Å². The van der Waals surface area contributed by atoms with Crippen LogP contribution in [0, 0.1) is 0 Å². The predicted octanol–water partition coefficient (Wildman–Crippen LogP) is 2.16. The molecular weight excluding hydrogens is 180 g/mol. The second-order valence-corrected chi connectivity index (χ2v) is 3.68. The lowest BCUT2D eigenvalue weighted by molar-refractivity contribution is 1.01. The highest BCUT2D eigenvalue weighted by molar-refractivity contribution is 7.16. The lowest BCUT2D eigenvalue weighted by Crippen LogP contribution is -1.94. The Labute approximate surface area is 74.7 Å². The molecule has 0 bridgehead atoms. The van der Waals surface area contributed by atoms with Crippen LogP contribution in [0.15, 0.2) is 12.3 Å². The Morgan fingerprint density at radius 1 is 1.73 bits per heavy atom. The van der Waals surface area contributed by atoms with Crippen molar-refractivity contribution in [2.75, 3.05) is 6.54 Å². The van der Waals surface area contributed by atoms with E-state index in [1.54, 1.807) is 6.20 Å². The SMILES string of the molecule is NCC/C=C/c1ncc(Cl)s1. The zero-order valence-electron chi connectivity index (χ0n) is 5.96. The molecule has 0 amide bonds. The topological polar surface area (TPSA) is 38.9 Å². The molecule has 0 radical (unpaired) electrons. The van der Waals surface area contributed by atoms with Gasteiger partial charge in [0.1, 0.15) is 9.34 Å². The van der Waals surface area contributed by atoms with E-state index in [1.807, 2.05) is 12.2 Å². The number of rotatable bonds is 3. The zero-order chi connectivity index (χ0) is 8.10. The van der Waals surface area contributed by atoms with Crippen LogP contribution in [0.3, 0.4) is 0 Å². The molecule has 0 aromatic carbocycles. The third kappa shape index (κ3) is 3.01. The number of hydrogen-bond acceptors (Lipinski definition) is 3. The van der Waals surface area contributed by atoms with E-state index in [9.17, 15) is 0 Å². The Balaban J connectivity index is 2.50. The summed E-state index contributed by atoms with van der Waals surface area (Å²) in [7, 11) is 0. The molecule has 1 aromatic rings. The van der Waals surface area contributed by atoms with Gasteiger partial charge in [0.15, 0.2) is 0 Å². The van der Waals surface area contributed by atoms with E-state index < -0.39 is 0 Å². The molecule has 0 spiro atoms. The molecule has 0 saturated carbocycles. The van der Waals surface area contributed by atoms with E-state index in [-0.39, 0.29) is 0 Å². The van der Waals surface area contributed by atoms with Gasteiger partial charge in [-0.3, -0.25) is 0 Å². The monoisotopic (exact) mass is 188 g/mol. The molecule has 1 aromatic heterocycles. The van der Waals surface area contributed by atoms with Crippen molar-refractivity contribution in [2.45, 2.75) is 6.42 Å². The van der Waals surface area contributed by atoms with Crippen molar-refractivity contribution in [3.63, 3.8) is 0 Å². The van der Waals surface area contributed by atoms with Crippen molar-refractivity contribution < 1.29 is 0 Å². The molecule has 11 heavy (non-hydrogen) atoms. The third-order valence-corrected chi connectivity index (χ3v) is 2.17. The summed E-state index contributed by atoms with van der Waals surface area (Å²) in [6.07, 6.45) is 6.46. The van der Waals surface area contributed by atoms with Crippen LogP contribution in [-0.4, -0.2) is 11.5 Å². The Hall–Kier alpha value is -0.380. The van der Waals surface area contributed by atoms with E-state index in [0.717, 1.165) is 15.8 Å². The summed E-state index contributed by atoms with van der Waals surface area (Å²) in [6, 6.07) is 0. The van der Waals surface area contributed by atoms with Gasteiger partial charge in [-0.2, -0.15) is 0 Å². The molecule has 60 valence electrons. The lowest BCUT2D eigenvalue weighted by atomic mass is 10.4. The van der Waals surface area contributed by atoms with Gasteiger partial charge in [-0.05, 0) is 19.0 Å². The fraction of sp³-hybridized carbons (Fsp3) is 0.286. The summed E-state index contributed by atoms with van der Waals surface area (Å²) in [5.41, 5.74) is 5.30. The van der Waals surface area contributed by atoms with Crippen LogP contribution in [0.2, 0.25) is 4.34 Å². The van der Waals surface area contributed by atoms with Gasteiger partial charge in [-0.1, -0.05) is 17.7 Å². The molecule has 4 heteroatoms. The minimum atomic E-state index is 0.676. The molecule has 0 aliphatic rings. The summed E-state index contributed by atoms with van der Waals surface area (Å²) in [4.78, 5) is 4.05.